The van der Waals surface area contributed by atoms with Crippen LogP contribution in [0.15, 0.2) is 42.6 Å². The predicted octanol–water partition coefficient (Wildman–Crippen LogP) is 3.06. The van der Waals surface area contributed by atoms with E-state index in [-0.39, 0.29) is 18.1 Å². The average Bonchev–Trinajstić information content (AvgIpc) is 2.53. The van der Waals surface area contributed by atoms with Crippen LogP contribution in [-0.4, -0.2) is 22.6 Å². The Labute approximate surface area is 136 Å². The standard InChI is InChI=1S/C16H15F3N2O3/c1-10(14-7-4-12(22)8-20-14)21-15(23)9-24-13-5-2-11(3-6-13)16(17,18)19/h2-8,10,22H,9H2,1H3,(H,21,23). The van der Waals surface area contributed by atoms with E-state index < -0.39 is 23.7 Å². The molecule has 0 aliphatic rings. The highest BCUT2D eigenvalue weighted by molar-refractivity contribution is 5.77. The van der Waals surface area contributed by atoms with Gasteiger partial charge in [0.1, 0.15) is 11.5 Å². The second-order valence-electron chi connectivity index (χ2n) is 5.04. The molecule has 0 radical (unpaired) electrons. The van der Waals surface area contributed by atoms with E-state index in [4.69, 9.17) is 9.84 Å². The Morgan fingerprint density at radius 3 is 2.46 bits per heavy atom. The lowest BCUT2D eigenvalue weighted by Gasteiger charge is -2.14. The van der Waals surface area contributed by atoms with Crippen LogP contribution in [0.3, 0.4) is 0 Å². The molecule has 1 aromatic carbocycles. The third-order valence-electron chi connectivity index (χ3n) is 3.14. The highest BCUT2D eigenvalue weighted by Gasteiger charge is 2.30. The van der Waals surface area contributed by atoms with Gasteiger partial charge in [0.15, 0.2) is 6.61 Å². The minimum Gasteiger partial charge on any atom is -0.506 e. The van der Waals surface area contributed by atoms with Gasteiger partial charge in [-0.25, -0.2) is 0 Å². The fraction of sp³-hybridized carbons (Fsp3) is 0.250. The number of halogens is 3. The summed E-state index contributed by atoms with van der Waals surface area (Å²) in [7, 11) is 0. The largest absolute Gasteiger partial charge is 0.506 e. The lowest BCUT2D eigenvalue weighted by Crippen LogP contribution is -2.31. The number of carbonyl (C=O) groups excluding carboxylic acids is 1. The van der Waals surface area contributed by atoms with Gasteiger partial charge in [0.25, 0.3) is 5.91 Å². The number of nitrogens with one attached hydrogen (secondary N) is 1. The summed E-state index contributed by atoms with van der Waals surface area (Å²) in [4.78, 5) is 15.8. The summed E-state index contributed by atoms with van der Waals surface area (Å²) in [5, 5.41) is 11.8. The maximum absolute atomic E-state index is 12.4. The van der Waals surface area contributed by atoms with Crippen LogP contribution >= 0.6 is 0 Å². The monoisotopic (exact) mass is 340 g/mol. The SMILES string of the molecule is CC(NC(=O)COc1ccc(C(F)(F)F)cc1)c1ccc(O)cn1. The van der Waals surface area contributed by atoms with Crippen LogP contribution in [-0.2, 0) is 11.0 Å². The smallest absolute Gasteiger partial charge is 0.416 e. The van der Waals surface area contributed by atoms with Gasteiger partial charge in [-0.15, -0.1) is 0 Å². The van der Waals surface area contributed by atoms with Crippen molar-refractivity contribution < 1.29 is 27.8 Å². The maximum atomic E-state index is 12.4. The van der Waals surface area contributed by atoms with Crippen LogP contribution in [0.25, 0.3) is 0 Å². The van der Waals surface area contributed by atoms with Crippen molar-refractivity contribution in [3.8, 4) is 11.5 Å². The molecule has 1 atom stereocenters. The van der Waals surface area contributed by atoms with Crippen molar-refractivity contribution in [2.75, 3.05) is 6.61 Å². The first-order chi connectivity index (χ1) is 11.3. The van der Waals surface area contributed by atoms with Gasteiger partial charge in [0.2, 0.25) is 0 Å². The van der Waals surface area contributed by atoms with E-state index in [1.165, 1.54) is 12.3 Å². The summed E-state index contributed by atoms with van der Waals surface area (Å²) < 4.78 is 42.5. The van der Waals surface area contributed by atoms with Gasteiger partial charge in [-0.2, -0.15) is 13.2 Å². The molecule has 2 N–H and O–H groups in total. The van der Waals surface area contributed by atoms with Crippen molar-refractivity contribution in [1.29, 1.82) is 0 Å². The van der Waals surface area contributed by atoms with Gasteiger partial charge in [-0.3, -0.25) is 9.78 Å². The minimum absolute atomic E-state index is 0.0166. The third-order valence-corrected chi connectivity index (χ3v) is 3.14. The first-order valence-corrected chi connectivity index (χ1v) is 7.00. The molecule has 0 aliphatic carbocycles. The highest BCUT2D eigenvalue weighted by atomic mass is 19.4. The summed E-state index contributed by atoms with van der Waals surface area (Å²) in [5.74, 6) is -0.270. The Hall–Kier alpha value is -2.77. The number of rotatable bonds is 5. The van der Waals surface area contributed by atoms with Gasteiger partial charge in [0, 0.05) is 0 Å². The summed E-state index contributed by atoms with van der Waals surface area (Å²) in [6, 6.07) is 6.68. The molecule has 1 amide bonds. The first kappa shape index (κ1) is 17.6. The fourth-order valence-corrected chi connectivity index (χ4v) is 1.90. The minimum atomic E-state index is -4.41. The van der Waals surface area contributed by atoms with Gasteiger partial charge in [0.05, 0.1) is 23.5 Å². The number of aromatic hydroxyl groups is 1. The number of ether oxygens (including phenoxy) is 1. The second kappa shape index (κ2) is 7.20. The highest BCUT2D eigenvalue weighted by Crippen LogP contribution is 2.30. The molecule has 8 heteroatoms. The number of amides is 1. The summed E-state index contributed by atoms with van der Waals surface area (Å²) in [6.45, 7) is 1.36. The fourth-order valence-electron chi connectivity index (χ4n) is 1.90. The maximum Gasteiger partial charge on any atom is 0.416 e. The molecule has 2 aromatic rings. The molecular weight excluding hydrogens is 325 g/mol. The van der Waals surface area contributed by atoms with Gasteiger partial charge in [-0.05, 0) is 43.3 Å². The third kappa shape index (κ3) is 4.87. The molecule has 1 heterocycles. The van der Waals surface area contributed by atoms with Crippen LogP contribution < -0.4 is 10.1 Å². The zero-order valence-corrected chi connectivity index (χ0v) is 12.7. The summed E-state index contributed by atoms with van der Waals surface area (Å²) in [5.41, 5.74) is -0.234. The number of aromatic nitrogens is 1. The molecule has 5 nitrogen and oxygen atoms in total. The van der Waals surface area contributed by atoms with Crippen molar-refractivity contribution in [1.82, 2.24) is 10.3 Å². The molecule has 128 valence electrons. The topological polar surface area (TPSA) is 71.5 Å². The van der Waals surface area contributed by atoms with Crippen molar-refractivity contribution in [2.45, 2.75) is 19.1 Å². The number of benzene rings is 1. The molecule has 0 spiro atoms. The van der Waals surface area contributed by atoms with Crippen LogP contribution in [0, 0.1) is 0 Å². The van der Waals surface area contributed by atoms with Crippen LogP contribution in [0.5, 0.6) is 11.5 Å². The Bertz CT molecular complexity index is 685. The molecule has 24 heavy (non-hydrogen) atoms. The summed E-state index contributed by atoms with van der Waals surface area (Å²) >= 11 is 0. The molecule has 0 saturated carbocycles. The van der Waals surface area contributed by atoms with E-state index >= 15 is 0 Å². The molecule has 0 aliphatic heterocycles. The number of pyridine rings is 1. The van der Waals surface area contributed by atoms with E-state index in [0.29, 0.717) is 5.69 Å². The lowest BCUT2D eigenvalue weighted by atomic mass is 10.2. The van der Waals surface area contributed by atoms with Crippen LogP contribution in [0.1, 0.15) is 24.2 Å². The van der Waals surface area contributed by atoms with Crippen molar-refractivity contribution in [2.24, 2.45) is 0 Å². The molecule has 2 rings (SSSR count). The zero-order valence-electron chi connectivity index (χ0n) is 12.7. The molecule has 1 aromatic heterocycles. The van der Waals surface area contributed by atoms with Crippen LogP contribution in [0.4, 0.5) is 13.2 Å². The predicted molar refractivity (Wildman–Crippen MR) is 79.4 cm³/mol. The summed E-state index contributed by atoms with van der Waals surface area (Å²) in [6.07, 6.45) is -3.15. The van der Waals surface area contributed by atoms with Gasteiger partial charge >= 0.3 is 6.18 Å². The molecular formula is C16H15F3N2O3. The Kier molecular flexibility index (Phi) is 5.28. The average molecular weight is 340 g/mol. The van der Waals surface area contributed by atoms with Crippen LogP contribution in [0.2, 0.25) is 0 Å². The van der Waals surface area contributed by atoms with E-state index in [2.05, 4.69) is 10.3 Å². The number of carbonyl (C=O) groups is 1. The Balaban J connectivity index is 1.85. The Morgan fingerprint density at radius 1 is 1.25 bits per heavy atom. The molecule has 0 saturated heterocycles. The number of hydrogen-bond donors (Lipinski definition) is 2. The lowest BCUT2D eigenvalue weighted by molar-refractivity contribution is -0.137. The quantitative estimate of drug-likeness (QED) is 0.877. The van der Waals surface area contributed by atoms with E-state index in [9.17, 15) is 18.0 Å². The molecule has 1 unspecified atom stereocenters. The number of hydrogen-bond acceptors (Lipinski definition) is 4. The first-order valence-electron chi connectivity index (χ1n) is 7.00. The zero-order chi connectivity index (χ0) is 17.7. The van der Waals surface area contributed by atoms with E-state index in [0.717, 1.165) is 24.3 Å². The normalized spacial score (nSPS) is 12.5. The van der Waals surface area contributed by atoms with E-state index in [1.54, 1.807) is 13.0 Å². The molecule has 0 fully saturated rings. The second-order valence-corrected chi connectivity index (χ2v) is 5.04. The Morgan fingerprint density at radius 2 is 1.92 bits per heavy atom. The van der Waals surface area contributed by atoms with Crippen molar-refractivity contribution in [3.05, 3.63) is 53.9 Å². The number of alkyl halides is 3. The number of nitrogens with zero attached hydrogens (tertiary/aromatic N) is 1. The van der Waals surface area contributed by atoms with Gasteiger partial charge < -0.3 is 15.2 Å². The molecule has 0 bridgehead atoms. The van der Waals surface area contributed by atoms with Crippen molar-refractivity contribution in [3.63, 3.8) is 0 Å². The van der Waals surface area contributed by atoms with Gasteiger partial charge in [-0.1, -0.05) is 0 Å². The van der Waals surface area contributed by atoms with Crippen molar-refractivity contribution >= 4 is 5.91 Å². The van der Waals surface area contributed by atoms with E-state index in [1.807, 2.05) is 0 Å².